The highest BCUT2D eigenvalue weighted by atomic mass is 16.1. The minimum atomic E-state index is 0.194. The number of rotatable bonds is 4. The second kappa shape index (κ2) is 15.8. The molecule has 0 aromatic rings. The summed E-state index contributed by atoms with van der Waals surface area (Å²) in [6.07, 6.45) is 7.06. The lowest BCUT2D eigenvalue weighted by atomic mass is 9.82. The van der Waals surface area contributed by atoms with Crippen LogP contribution in [0.2, 0.25) is 0 Å². The number of carbonyl (C=O) groups excluding carboxylic acids is 1. The van der Waals surface area contributed by atoms with Crippen molar-refractivity contribution in [3.05, 3.63) is 13.2 Å². The second-order valence-corrected chi connectivity index (χ2v) is 5.23. The fourth-order valence-electron chi connectivity index (χ4n) is 2.20. The Bertz CT molecular complexity index is 271. The van der Waals surface area contributed by atoms with Crippen molar-refractivity contribution in [2.75, 3.05) is 6.54 Å². The Balaban J connectivity index is 0. The summed E-state index contributed by atoms with van der Waals surface area (Å²) < 4.78 is 0. The van der Waals surface area contributed by atoms with Gasteiger partial charge in [-0.25, -0.2) is 0 Å². The number of nitrogens with one attached hydrogen (secondary N) is 1. The molecule has 0 heterocycles. The van der Waals surface area contributed by atoms with E-state index in [4.69, 9.17) is 5.26 Å². The molecule has 1 saturated carbocycles. The first-order chi connectivity index (χ1) is 9.65. The first kappa shape index (κ1) is 21.0. The van der Waals surface area contributed by atoms with Crippen molar-refractivity contribution in [2.45, 2.75) is 65.7 Å². The van der Waals surface area contributed by atoms with Gasteiger partial charge in [-0.2, -0.15) is 5.26 Å². The molecule has 1 aliphatic carbocycles. The van der Waals surface area contributed by atoms with Gasteiger partial charge in [-0.05, 0) is 25.2 Å². The molecule has 116 valence electrons. The van der Waals surface area contributed by atoms with Gasteiger partial charge in [0.15, 0.2) is 0 Å². The van der Waals surface area contributed by atoms with E-state index < -0.39 is 0 Å². The van der Waals surface area contributed by atoms with Crippen LogP contribution >= 0.6 is 0 Å². The molecule has 0 saturated heterocycles. The van der Waals surface area contributed by atoms with Crippen LogP contribution in [0.25, 0.3) is 0 Å². The average Bonchev–Trinajstić information content (AvgIpc) is 2.46. The third-order valence-electron chi connectivity index (χ3n) is 3.07. The molecule has 2 atom stereocenters. The van der Waals surface area contributed by atoms with Crippen molar-refractivity contribution in [2.24, 2.45) is 11.8 Å². The Morgan fingerprint density at radius 1 is 1.35 bits per heavy atom. The van der Waals surface area contributed by atoms with Gasteiger partial charge in [-0.3, -0.25) is 4.79 Å². The van der Waals surface area contributed by atoms with Crippen LogP contribution in [0.1, 0.15) is 65.7 Å². The summed E-state index contributed by atoms with van der Waals surface area (Å²) in [5.41, 5.74) is 0. The molecule has 0 aliphatic heterocycles. The van der Waals surface area contributed by atoms with Crippen LogP contribution in [0.4, 0.5) is 0 Å². The Labute approximate surface area is 125 Å². The number of nitriles is 1. The molecular weight excluding hydrogens is 248 g/mol. The SMILES string of the molecule is C=C.CC1CCCC(C(=O)NCCCC#N)C1.CCC. The Morgan fingerprint density at radius 3 is 2.45 bits per heavy atom. The third-order valence-corrected chi connectivity index (χ3v) is 3.07. The smallest absolute Gasteiger partial charge is 0.223 e. The molecule has 1 rings (SSSR count). The van der Waals surface area contributed by atoms with E-state index in [1.165, 1.54) is 19.3 Å². The average molecular weight is 280 g/mol. The van der Waals surface area contributed by atoms with E-state index in [0.29, 0.717) is 18.9 Å². The highest BCUT2D eigenvalue weighted by Gasteiger charge is 2.24. The van der Waals surface area contributed by atoms with E-state index in [2.05, 4.69) is 45.3 Å². The molecule has 1 fully saturated rings. The Kier molecular flexibility index (Phi) is 16.5. The molecule has 0 aromatic heterocycles. The summed E-state index contributed by atoms with van der Waals surface area (Å²) in [7, 11) is 0. The van der Waals surface area contributed by atoms with Gasteiger partial charge in [0.25, 0.3) is 0 Å². The minimum absolute atomic E-state index is 0.194. The highest BCUT2D eigenvalue weighted by Crippen LogP contribution is 2.28. The third kappa shape index (κ3) is 11.8. The molecule has 3 heteroatoms. The molecule has 0 spiro atoms. The normalized spacial score (nSPS) is 20.3. The van der Waals surface area contributed by atoms with Gasteiger partial charge in [0.1, 0.15) is 0 Å². The Morgan fingerprint density at radius 2 is 1.95 bits per heavy atom. The summed E-state index contributed by atoms with van der Waals surface area (Å²) in [5, 5.41) is 11.3. The maximum atomic E-state index is 11.7. The predicted molar refractivity (Wildman–Crippen MR) is 86.2 cm³/mol. The standard InChI is InChI=1S/C12H20N2O.C3H8.C2H4/c1-10-5-4-6-11(9-10)12(15)14-8-3-2-7-13;1-3-2;1-2/h10-11H,2-6,8-9H2,1H3,(H,14,15);3H2,1-2H3;1-2H2. The highest BCUT2D eigenvalue weighted by molar-refractivity contribution is 5.78. The van der Waals surface area contributed by atoms with Crippen LogP contribution < -0.4 is 5.32 Å². The van der Waals surface area contributed by atoms with Crippen LogP contribution in [0.3, 0.4) is 0 Å². The second-order valence-electron chi connectivity index (χ2n) is 5.23. The van der Waals surface area contributed by atoms with Crippen LogP contribution in [0.15, 0.2) is 13.2 Å². The predicted octanol–water partition coefficient (Wildman–Crippen LogP) is 4.45. The van der Waals surface area contributed by atoms with Gasteiger partial charge in [0, 0.05) is 18.9 Å². The van der Waals surface area contributed by atoms with E-state index in [1.54, 1.807) is 0 Å². The van der Waals surface area contributed by atoms with Gasteiger partial charge in [0.05, 0.1) is 6.07 Å². The van der Waals surface area contributed by atoms with E-state index in [1.807, 2.05) is 0 Å². The fraction of sp³-hybridized carbons (Fsp3) is 0.765. The molecule has 0 aromatic carbocycles. The summed E-state index contributed by atoms with van der Waals surface area (Å²) in [5.74, 6) is 1.10. The molecule has 2 unspecified atom stereocenters. The van der Waals surface area contributed by atoms with Gasteiger partial charge in [-0.15, -0.1) is 13.2 Å². The summed E-state index contributed by atoms with van der Waals surface area (Å²) >= 11 is 0. The van der Waals surface area contributed by atoms with Gasteiger partial charge in [-0.1, -0.05) is 40.0 Å². The van der Waals surface area contributed by atoms with Gasteiger partial charge in [0.2, 0.25) is 5.91 Å². The van der Waals surface area contributed by atoms with Gasteiger partial charge < -0.3 is 5.32 Å². The summed E-state index contributed by atoms with van der Waals surface area (Å²) in [4.78, 5) is 11.7. The van der Waals surface area contributed by atoms with Crippen molar-refractivity contribution in [3.63, 3.8) is 0 Å². The summed E-state index contributed by atoms with van der Waals surface area (Å²) in [6, 6.07) is 2.08. The fourth-order valence-corrected chi connectivity index (χ4v) is 2.20. The molecule has 0 bridgehead atoms. The Hall–Kier alpha value is -1.30. The number of hydrogen-bond donors (Lipinski definition) is 1. The number of nitrogens with zero attached hydrogens (tertiary/aromatic N) is 1. The van der Waals surface area contributed by atoms with Crippen LogP contribution in [-0.4, -0.2) is 12.5 Å². The number of unbranched alkanes of at least 4 members (excludes halogenated alkanes) is 1. The monoisotopic (exact) mass is 280 g/mol. The quantitative estimate of drug-likeness (QED) is 0.611. The lowest BCUT2D eigenvalue weighted by molar-refractivity contribution is -0.126. The first-order valence-electron chi connectivity index (χ1n) is 7.80. The maximum absolute atomic E-state index is 11.7. The van der Waals surface area contributed by atoms with E-state index >= 15 is 0 Å². The topological polar surface area (TPSA) is 52.9 Å². The number of amides is 1. The number of carbonyl (C=O) groups is 1. The molecule has 20 heavy (non-hydrogen) atoms. The van der Waals surface area contributed by atoms with Crippen LogP contribution in [0.5, 0.6) is 0 Å². The zero-order valence-electron chi connectivity index (χ0n) is 13.6. The first-order valence-corrected chi connectivity index (χ1v) is 7.80. The van der Waals surface area contributed by atoms with Crippen molar-refractivity contribution < 1.29 is 4.79 Å². The molecular formula is C17H32N2O. The number of hydrogen-bond acceptors (Lipinski definition) is 2. The molecule has 1 N–H and O–H groups in total. The van der Waals surface area contributed by atoms with E-state index in [-0.39, 0.29) is 11.8 Å². The summed E-state index contributed by atoms with van der Waals surface area (Å²) in [6.45, 7) is 13.1. The van der Waals surface area contributed by atoms with Crippen LogP contribution in [0, 0.1) is 23.2 Å². The minimum Gasteiger partial charge on any atom is -0.356 e. The largest absolute Gasteiger partial charge is 0.356 e. The zero-order chi connectivity index (χ0) is 15.8. The van der Waals surface area contributed by atoms with Crippen molar-refractivity contribution in [1.82, 2.24) is 5.32 Å². The molecule has 0 radical (unpaired) electrons. The van der Waals surface area contributed by atoms with Crippen molar-refractivity contribution in [1.29, 1.82) is 5.26 Å². The molecule has 3 nitrogen and oxygen atoms in total. The zero-order valence-corrected chi connectivity index (χ0v) is 13.6. The lowest BCUT2D eigenvalue weighted by Crippen LogP contribution is -2.33. The van der Waals surface area contributed by atoms with Crippen molar-refractivity contribution >= 4 is 5.91 Å². The molecule has 1 amide bonds. The van der Waals surface area contributed by atoms with E-state index in [9.17, 15) is 4.79 Å². The lowest BCUT2D eigenvalue weighted by Gasteiger charge is -2.25. The van der Waals surface area contributed by atoms with Crippen molar-refractivity contribution in [3.8, 4) is 6.07 Å². The van der Waals surface area contributed by atoms with E-state index in [0.717, 1.165) is 19.3 Å². The maximum Gasteiger partial charge on any atom is 0.223 e. The van der Waals surface area contributed by atoms with Crippen LogP contribution in [-0.2, 0) is 4.79 Å². The van der Waals surface area contributed by atoms with Gasteiger partial charge >= 0.3 is 0 Å². The molecule has 1 aliphatic rings.